The lowest BCUT2D eigenvalue weighted by atomic mass is 10.0. The molecule has 100 valence electrons. The minimum Gasteiger partial charge on any atom is -0.254 e. The highest BCUT2D eigenvalue weighted by molar-refractivity contribution is 6.06. The number of fused-ring (bicyclic) bond motifs is 1. The Morgan fingerprint density at radius 1 is 0.762 bits per heavy atom. The fourth-order valence-electron chi connectivity index (χ4n) is 2.66. The molecule has 0 saturated carbocycles. The number of aliphatic imine (C=N–C) groups is 1. The molecular formula is C19H14N2. The van der Waals surface area contributed by atoms with E-state index in [4.69, 9.17) is 4.99 Å². The smallest absolute Gasteiger partial charge is 0.0852 e. The Morgan fingerprint density at radius 3 is 2.14 bits per heavy atom. The van der Waals surface area contributed by atoms with Gasteiger partial charge in [-0.05, 0) is 17.2 Å². The van der Waals surface area contributed by atoms with Gasteiger partial charge in [0.1, 0.15) is 0 Å². The van der Waals surface area contributed by atoms with Crippen molar-refractivity contribution in [2.75, 3.05) is 0 Å². The molecule has 0 bridgehead atoms. The zero-order chi connectivity index (χ0) is 14.1. The molecule has 2 aromatic carbocycles. The van der Waals surface area contributed by atoms with Gasteiger partial charge in [-0.3, -0.25) is 9.98 Å². The van der Waals surface area contributed by atoms with Crippen molar-refractivity contribution in [2.24, 2.45) is 4.99 Å². The van der Waals surface area contributed by atoms with E-state index in [0.717, 1.165) is 29.1 Å². The first-order chi connectivity index (χ1) is 10.4. The van der Waals surface area contributed by atoms with E-state index >= 15 is 0 Å². The summed E-state index contributed by atoms with van der Waals surface area (Å²) in [6, 6.07) is 22.8. The minimum atomic E-state index is 0.877. The molecule has 21 heavy (non-hydrogen) atoms. The molecule has 4 rings (SSSR count). The predicted molar refractivity (Wildman–Crippen MR) is 86.0 cm³/mol. The van der Waals surface area contributed by atoms with Crippen molar-refractivity contribution in [3.8, 4) is 11.3 Å². The van der Waals surface area contributed by atoms with E-state index in [2.05, 4.69) is 47.4 Å². The largest absolute Gasteiger partial charge is 0.254 e. The second-order valence-corrected chi connectivity index (χ2v) is 5.17. The van der Waals surface area contributed by atoms with E-state index in [1.165, 1.54) is 11.1 Å². The van der Waals surface area contributed by atoms with Gasteiger partial charge < -0.3 is 0 Å². The third-order valence-electron chi connectivity index (χ3n) is 3.76. The van der Waals surface area contributed by atoms with Crippen molar-refractivity contribution in [3.63, 3.8) is 0 Å². The van der Waals surface area contributed by atoms with E-state index < -0.39 is 0 Å². The normalized spacial score (nSPS) is 12.9. The zero-order valence-electron chi connectivity index (χ0n) is 11.5. The number of hydrogen-bond donors (Lipinski definition) is 0. The molecule has 1 aromatic heterocycles. The summed E-state index contributed by atoms with van der Waals surface area (Å²) in [4.78, 5) is 9.25. The average molecular weight is 270 g/mol. The summed E-state index contributed by atoms with van der Waals surface area (Å²) in [7, 11) is 0. The summed E-state index contributed by atoms with van der Waals surface area (Å²) in [5.41, 5.74) is 6.72. The Morgan fingerprint density at radius 2 is 1.43 bits per heavy atom. The first kappa shape index (κ1) is 12.0. The molecular weight excluding hydrogens is 256 g/mol. The number of rotatable bonds is 2. The maximum atomic E-state index is 4.71. The molecule has 0 unspecified atom stereocenters. The molecule has 1 aliphatic rings. The van der Waals surface area contributed by atoms with Gasteiger partial charge in [0.15, 0.2) is 0 Å². The van der Waals surface area contributed by atoms with Crippen LogP contribution in [0.2, 0.25) is 0 Å². The van der Waals surface area contributed by atoms with Gasteiger partial charge in [0.25, 0.3) is 0 Å². The van der Waals surface area contributed by atoms with E-state index in [0.29, 0.717) is 0 Å². The lowest BCUT2D eigenvalue weighted by Gasteiger charge is -2.03. The van der Waals surface area contributed by atoms with Crippen LogP contribution in [0, 0.1) is 0 Å². The summed E-state index contributed by atoms with van der Waals surface area (Å²) >= 11 is 0. The number of pyridine rings is 1. The van der Waals surface area contributed by atoms with Crippen LogP contribution in [0.4, 0.5) is 5.69 Å². The van der Waals surface area contributed by atoms with Crippen molar-refractivity contribution in [1.29, 1.82) is 0 Å². The molecule has 0 atom stereocenters. The van der Waals surface area contributed by atoms with Crippen LogP contribution in [0.25, 0.3) is 11.3 Å². The Bertz CT molecular complexity index is 805. The van der Waals surface area contributed by atoms with Gasteiger partial charge in [0.05, 0.1) is 23.3 Å². The van der Waals surface area contributed by atoms with Gasteiger partial charge in [0, 0.05) is 12.0 Å². The highest BCUT2D eigenvalue weighted by Crippen LogP contribution is 2.31. The molecule has 1 aliphatic heterocycles. The summed E-state index contributed by atoms with van der Waals surface area (Å²) in [5.74, 6) is 0. The third kappa shape index (κ3) is 2.25. The molecule has 0 spiro atoms. The van der Waals surface area contributed by atoms with Crippen LogP contribution in [0.1, 0.15) is 11.1 Å². The SMILES string of the molecule is c1ccc(C2=Nc3cnc(-c4ccccc4)cc3C2)cc1. The molecule has 0 radical (unpaired) electrons. The van der Waals surface area contributed by atoms with Gasteiger partial charge in [-0.1, -0.05) is 60.7 Å². The van der Waals surface area contributed by atoms with Gasteiger partial charge in [0.2, 0.25) is 0 Å². The van der Waals surface area contributed by atoms with E-state index in [-0.39, 0.29) is 0 Å². The fraction of sp³-hybridized carbons (Fsp3) is 0.0526. The molecule has 3 aromatic rings. The molecule has 2 heterocycles. The maximum Gasteiger partial charge on any atom is 0.0852 e. The molecule has 0 fully saturated rings. The first-order valence-electron chi connectivity index (χ1n) is 7.07. The third-order valence-corrected chi connectivity index (χ3v) is 3.76. The van der Waals surface area contributed by atoms with Crippen LogP contribution in [0.3, 0.4) is 0 Å². The summed E-state index contributed by atoms with van der Waals surface area (Å²) in [6.07, 6.45) is 2.76. The average Bonchev–Trinajstić information content (AvgIpc) is 2.99. The lowest BCUT2D eigenvalue weighted by Crippen LogP contribution is -1.99. The highest BCUT2D eigenvalue weighted by atomic mass is 14.8. The van der Waals surface area contributed by atoms with Crippen LogP contribution in [0.5, 0.6) is 0 Å². The number of hydrogen-bond acceptors (Lipinski definition) is 2. The molecule has 0 amide bonds. The van der Waals surface area contributed by atoms with Crippen molar-refractivity contribution in [3.05, 3.63) is 84.1 Å². The Labute approximate surface area is 123 Å². The van der Waals surface area contributed by atoms with Gasteiger partial charge >= 0.3 is 0 Å². The van der Waals surface area contributed by atoms with Crippen LogP contribution in [-0.4, -0.2) is 10.7 Å². The van der Waals surface area contributed by atoms with Gasteiger partial charge in [-0.25, -0.2) is 0 Å². The molecule has 0 saturated heterocycles. The van der Waals surface area contributed by atoms with Gasteiger partial charge in [-0.2, -0.15) is 0 Å². The van der Waals surface area contributed by atoms with E-state index in [1.54, 1.807) is 0 Å². The molecule has 0 aliphatic carbocycles. The standard InChI is InChI=1S/C19H14N2/c1-3-7-14(8-4-1)17-11-16-12-18(21-19(16)13-20-17)15-9-5-2-6-10-15/h1-11,13H,12H2. The van der Waals surface area contributed by atoms with Crippen molar-refractivity contribution in [2.45, 2.75) is 6.42 Å². The fourth-order valence-corrected chi connectivity index (χ4v) is 2.66. The van der Waals surface area contributed by atoms with Crippen molar-refractivity contribution < 1.29 is 0 Å². The second-order valence-electron chi connectivity index (χ2n) is 5.17. The maximum absolute atomic E-state index is 4.71. The molecule has 0 N–H and O–H groups in total. The van der Waals surface area contributed by atoms with Crippen LogP contribution in [0.15, 0.2) is 77.9 Å². The number of nitrogens with zero attached hydrogens (tertiary/aromatic N) is 2. The monoisotopic (exact) mass is 270 g/mol. The van der Waals surface area contributed by atoms with Gasteiger partial charge in [-0.15, -0.1) is 0 Å². The summed E-state index contributed by atoms with van der Waals surface area (Å²) < 4.78 is 0. The first-order valence-corrected chi connectivity index (χ1v) is 7.07. The number of aromatic nitrogens is 1. The summed E-state index contributed by atoms with van der Waals surface area (Å²) in [5, 5.41) is 0. The molecule has 2 nitrogen and oxygen atoms in total. The lowest BCUT2D eigenvalue weighted by molar-refractivity contribution is 1.27. The molecule has 2 heteroatoms. The Kier molecular flexibility index (Phi) is 2.86. The van der Waals surface area contributed by atoms with E-state index in [9.17, 15) is 0 Å². The zero-order valence-corrected chi connectivity index (χ0v) is 11.5. The minimum absolute atomic E-state index is 0.877. The van der Waals surface area contributed by atoms with E-state index in [1.807, 2.05) is 30.5 Å². The highest BCUT2D eigenvalue weighted by Gasteiger charge is 2.17. The van der Waals surface area contributed by atoms with Crippen LogP contribution >= 0.6 is 0 Å². The predicted octanol–water partition coefficient (Wildman–Crippen LogP) is 4.43. The second kappa shape index (κ2) is 4.98. The van der Waals surface area contributed by atoms with Crippen molar-refractivity contribution in [1.82, 2.24) is 4.98 Å². The van der Waals surface area contributed by atoms with Crippen LogP contribution in [-0.2, 0) is 6.42 Å². The summed E-state index contributed by atoms with van der Waals surface area (Å²) in [6.45, 7) is 0. The van der Waals surface area contributed by atoms with Crippen molar-refractivity contribution >= 4 is 11.4 Å². The Hall–Kier alpha value is -2.74. The van der Waals surface area contributed by atoms with Crippen LogP contribution < -0.4 is 0 Å². The Balaban J connectivity index is 1.69. The topological polar surface area (TPSA) is 25.2 Å². The quantitative estimate of drug-likeness (QED) is 0.676. The number of benzene rings is 2.